The molecule has 8 rings (SSSR count). The smallest absolute Gasteiger partial charge is 0.411 e. The summed E-state index contributed by atoms with van der Waals surface area (Å²) in [6, 6.07) is 11.6. The standard InChI is InChI=1S/C30H43ClN2O9S.C21H27NO6.C9H18ClNO4S/c1-15(31)20(26-23(36)22(35)24(37)28(41-26)43-5)32-27(38)21-25-19(13-33(21)29(39)42-30(2,3)4)12-18(10-11-40-25)17-8-6-16(14-34)7-9-17;1-21(2,3)28-20(25)22-12-15-11-14(13-5-7-16(26-4)8-6-13)9-10-27-18(15)17(22)19(23)24;1-3(10)4(11)8-6(13)5(12)7(14)9(15-8)16-2/h6-10,15,19-26,28,34-37H,11-14H2,1-5H3,(H,32,38);5-9,15,17-18H,10-12H2,1-4H3,(H,23,24);3-9,12-14H,11H2,1-2H3/t15-,19-,20+,21-,22+,23?,24+,25+,26+,28?;15-,17-,18+;3-,4+,5+,6?,7+,8+,9?/m000/s1. The fourth-order valence-corrected chi connectivity index (χ4v) is 13.0. The van der Waals surface area contributed by atoms with Crippen molar-refractivity contribution in [3.05, 3.63) is 77.4 Å². The van der Waals surface area contributed by atoms with Gasteiger partial charge in [0.1, 0.15) is 82.7 Å². The van der Waals surface area contributed by atoms with Crippen LogP contribution in [-0.2, 0) is 44.6 Å². The van der Waals surface area contributed by atoms with Crippen LogP contribution in [0.4, 0.5) is 9.59 Å². The molecule has 0 bridgehead atoms. The maximum atomic E-state index is 14.1. The van der Waals surface area contributed by atoms with Crippen LogP contribution in [0.15, 0.2) is 60.7 Å². The monoisotopic (exact) mass is 1300 g/mol. The molecule has 27 heteroatoms. The van der Waals surface area contributed by atoms with Crippen molar-refractivity contribution < 1.29 is 93.2 Å². The van der Waals surface area contributed by atoms with Gasteiger partial charge in [-0.15, -0.1) is 46.7 Å². The second kappa shape index (κ2) is 31.4. The molecule has 6 aliphatic rings. The number of rotatable bonds is 13. The lowest BCUT2D eigenvalue weighted by atomic mass is 9.90. The van der Waals surface area contributed by atoms with Crippen LogP contribution in [-0.4, -0.2) is 239 Å². The highest BCUT2D eigenvalue weighted by Gasteiger charge is 2.54. The Morgan fingerprint density at radius 2 is 1.09 bits per heavy atom. The van der Waals surface area contributed by atoms with Crippen LogP contribution in [0.25, 0.3) is 11.1 Å². The van der Waals surface area contributed by atoms with E-state index in [4.69, 9.17) is 62.1 Å². The number of alkyl halides is 2. The summed E-state index contributed by atoms with van der Waals surface area (Å²) in [5, 5.41) is 81.5. The van der Waals surface area contributed by atoms with E-state index in [0.717, 1.165) is 45.3 Å². The first kappa shape index (κ1) is 72.1. The topological polar surface area (TPSA) is 339 Å². The molecule has 87 heavy (non-hydrogen) atoms. The molecule has 0 spiro atoms. The third-order valence-electron chi connectivity index (χ3n) is 15.8. The number of aliphatic carboxylic acids is 1. The number of allylic oxidation sites excluding steroid dienone is 2. The number of hydrogen-bond donors (Lipinski definition) is 10. The van der Waals surface area contributed by atoms with Crippen LogP contribution < -0.4 is 15.8 Å². The molecule has 20 atom stereocenters. The normalized spacial score (nSPS) is 32.2. The first-order valence-corrected chi connectivity index (χ1v) is 32.3. The number of halogens is 2. The van der Waals surface area contributed by atoms with E-state index in [1.165, 1.54) is 21.6 Å². The minimum atomic E-state index is -1.53. The Kier molecular flexibility index (Phi) is 26.0. The van der Waals surface area contributed by atoms with E-state index in [1.807, 2.05) is 60.7 Å². The number of benzene rings is 2. The molecule has 11 N–H and O–H groups in total. The molecule has 23 nitrogen and oxygen atoms in total. The second-order valence-corrected chi connectivity index (χ2v) is 27.6. The van der Waals surface area contributed by atoms with Gasteiger partial charge < -0.3 is 85.1 Å². The molecule has 0 aliphatic carbocycles. The number of carbonyl (C=O) groups is 4. The summed E-state index contributed by atoms with van der Waals surface area (Å²) < 4.78 is 39.8. The van der Waals surface area contributed by atoms with Gasteiger partial charge in [0.05, 0.1) is 50.6 Å². The molecular weight excluding hydrogens is 1220 g/mol. The fourth-order valence-electron chi connectivity index (χ4n) is 11.3. The molecule has 6 heterocycles. The number of fused-ring (bicyclic) bond motifs is 2. The molecule has 6 aliphatic heterocycles. The third kappa shape index (κ3) is 18.2. The number of aliphatic hydroxyl groups is 7. The average Bonchev–Trinajstić information content (AvgIpc) is 2.35. The molecule has 0 radical (unpaired) electrons. The molecule has 4 fully saturated rings. The third-order valence-corrected chi connectivity index (χ3v) is 18.0. The van der Waals surface area contributed by atoms with Crippen molar-refractivity contribution >= 4 is 81.9 Å². The van der Waals surface area contributed by atoms with E-state index in [-0.39, 0.29) is 38.1 Å². The number of ether oxygens (including phenoxy) is 7. The number of thioether (sulfide) groups is 2. The lowest BCUT2D eigenvalue weighted by molar-refractivity contribution is -0.205. The van der Waals surface area contributed by atoms with Crippen LogP contribution in [0.3, 0.4) is 0 Å². The number of carbonyl (C=O) groups excluding carboxylic acids is 3. The van der Waals surface area contributed by atoms with Gasteiger partial charge >= 0.3 is 18.2 Å². The highest BCUT2D eigenvalue weighted by molar-refractivity contribution is 7.99. The van der Waals surface area contributed by atoms with Gasteiger partial charge in [0.2, 0.25) is 5.91 Å². The quantitative estimate of drug-likeness (QED) is 0.126. The Bertz CT molecular complexity index is 2660. The van der Waals surface area contributed by atoms with Gasteiger partial charge in [-0.3, -0.25) is 14.6 Å². The summed E-state index contributed by atoms with van der Waals surface area (Å²) in [4.78, 5) is 54.7. The molecule has 2 aromatic carbocycles. The van der Waals surface area contributed by atoms with E-state index >= 15 is 0 Å². The Morgan fingerprint density at radius 3 is 1.49 bits per heavy atom. The summed E-state index contributed by atoms with van der Waals surface area (Å²) in [6.45, 7) is 14.8. The number of aliphatic hydroxyl groups excluding tert-OH is 7. The number of hydrogen-bond acceptors (Lipinski definition) is 21. The Hall–Kier alpha value is -4.00. The molecule has 2 aromatic rings. The number of nitrogens with one attached hydrogen (secondary N) is 1. The summed E-state index contributed by atoms with van der Waals surface area (Å²) in [7, 11) is 1.62. The predicted molar refractivity (Wildman–Crippen MR) is 329 cm³/mol. The van der Waals surface area contributed by atoms with Gasteiger partial charge in [-0.2, -0.15) is 0 Å². The zero-order valence-corrected chi connectivity index (χ0v) is 54.0. The minimum absolute atomic E-state index is 0.0584. The first-order chi connectivity index (χ1) is 40.8. The maximum absolute atomic E-state index is 14.1. The number of methoxy groups -OCH3 is 1. The second-order valence-electron chi connectivity index (χ2n) is 24.4. The largest absolute Gasteiger partial charge is 0.497 e. The molecule has 4 saturated heterocycles. The van der Waals surface area contributed by atoms with Crippen molar-refractivity contribution in [3.8, 4) is 5.75 Å². The molecule has 3 amide bonds. The molecule has 4 unspecified atom stereocenters. The fraction of sp³-hybridized carbons (Fsp3) is 0.667. The number of carboxylic acids is 1. The summed E-state index contributed by atoms with van der Waals surface area (Å²) in [6.07, 6.45) is -3.89. The molecule has 0 aromatic heterocycles. The summed E-state index contributed by atoms with van der Waals surface area (Å²) in [5.74, 6) is -1.23. The summed E-state index contributed by atoms with van der Waals surface area (Å²) >= 11 is 14.8. The minimum Gasteiger partial charge on any atom is -0.497 e. The Morgan fingerprint density at radius 1 is 0.667 bits per heavy atom. The number of amides is 3. The van der Waals surface area contributed by atoms with E-state index in [9.17, 15) is 60.0 Å². The molecule has 488 valence electrons. The van der Waals surface area contributed by atoms with Gasteiger partial charge in [-0.05, 0) is 121 Å². The van der Waals surface area contributed by atoms with Gasteiger partial charge in [0, 0.05) is 36.3 Å². The number of nitrogens with two attached hydrogens (primary N) is 1. The van der Waals surface area contributed by atoms with Gasteiger partial charge in [-0.1, -0.05) is 48.6 Å². The highest BCUT2D eigenvalue weighted by atomic mass is 35.5. The highest BCUT2D eigenvalue weighted by Crippen LogP contribution is 2.40. The van der Waals surface area contributed by atoms with Crippen LogP contribution >= 0.6 is 46.7 Å². The predicted octanol–water partition coefficient (Wildman–Crippen LogP) is 4.17. The van der Waals surface area contributed by atoms with Gasteiger partial charge in [0.15, 0.2) is 6.04 Å². The van der Waals surface area contributed by atoms with Crippen LogP contribution in [0, 0.1) is 11.8 Å². The van der Waals surface area contributed by atoms with Crippen molar-refractivity contribution in [1.29, 1.82) is 0 Å². The summed E-state index contributed by atoms with van der Waals surface area (Å²) in [5.41, 5.74) is 7.69. The van der Waals surface area contributed by atoms with Gasteiger partial charge in [0.25, 0.3) is 0 Å². The SMILES string of the molecule is COc1ccc(C2=CCO[C@@H]3[C@@H](C2)CN(C(=O)OC(C)(C)C)[C@@H]3C(=O)O)cc1.CSC1O[C@H]([C@H](N)[C@H](C)Cl)C(O)[C@@H](O)[C@H]1O.CSC1O[C@H]([C@H](NC(=O)[C@@H]2[C@@H]3OCC=C(c4ccc(CO)cc4)C[C@H]3CN2C(=O)OC(C)(C)C)[C@H](C)Cl)C(O)[C@@H](O)[C@H]1O. The van der Waals surface area contributed by atoms with E-state index in [1.54, 1.807) is 75.0 Å². The average molecular weight is 1300 g/mol. The Labute approximate surface area is 527 Å². The van der Waals surface area contributed by atoms with Crippen LogP contribution in [0.5, 0.6) is 5.75 Å². The number of nitrogens with zero attached hydrogens (tertiary/aromatic N) is 2. The lowest BCUT2D eigenvalue weighted by Gasteiger charge is -2.44. The van der Waals surface area contributed by atoms with Crippen molar-refractivity contribution in [3.63, 3.8) is 0 Å². The first-order valence-electron chi connectivity index (χ1n) is 28.8. The van der Waals surface area contributed by atoms with Crippen molar-refractivity contribution in [2.75, 3.05) is 45.9 Å². The van der Waals surface area contributed by atoms with E-state index < -0.39 is 142 Å². The Balaban J connectivity index is 0.000000234. The van der Waals surface area contributed by atoms with Crippen molar-refractivity contribution in [2.24, 2.45) is 17.6 Å². The van der Waals surface area contributed by atoms with E-state index in [2.05, 4.69) is 5.32 Å². The zero-order chi connectivity index (χ0) is 64.6. The zero-order valence-electron chi connectivity index (χ0n) is 50.9. The molecule has 0 saturated carbocycles. The van der Waals surface area contributed by atoms with E-state index in [0.29, 0.717) is 19.4 Å². The van der Waals surface area contributed by atoms with Crippen molar-refractivity contribution in [1.82, 2.24) is 15.1 Å². The van der Waals surface area contributed by atoms with Crippen molar-refractivity contribution in [2.45, 2.75) is 193 Å². The molecular formula is C60H88Cl2N4O19S2. The van der Waals surface area contributed by atoms with Gasteiger partial charge in [-0.25, -0.2) is 14.4 Å². The number of likely N-dealkylation sites (tertiary alicyclic amines) is 2. The number of carboxylic acid groups (broad SMARTS) is 1. The maximum Gasteiger partial charge on any atom is 0.411 e. The van der Waals surface area contributed by atoms with Crippen LogP contribution in [0.1, 0.15) is 84.9 Å². The lowest BCUT2D eigenvalue weighted by Crippen LogP contribution is -2.65. The van der Waals surface area contributed by atoms with Crippen LogP contribution in [0.2, 0.25) is 0 Å².